The maximum Gasteiger partial charge on any atom is 0.150 e. The van der Waals surface area contributed by atoms with Crippen LogP contribution in [0.15, 0.2) is 24.3 Å². The van der Waals surface area contributed by atoms with Gasteiger partial charge < -0.3 is 5.73 Å². The Morgan fingerprint density at radius 1 is 1.18 bits per heavy atom. The van der Waals surface area contributed by atoms with E-state index in [1.54, 1.807) is 0 Å². The lowest BCUT2D eigenvalue weighted by atomic mass is 9.96. The molecule has 1 aliphatic heterocycles. The third kappa shape index (κ3) is 3.54. The highest BCUT2D eigenvalue weighted by Gasteiger charge is 2.24. The quantitative estimate of drug-likeness (QED) is 0.888. The lowest BCUT2D eigenvalue weighted by molar-refractivity contribution is 0.483. The Bertz CT molecular complexity index is 465. The zero-order chi connectivity index (χ0) is 12.3. The minimum atomic E-state index is -2.78. The number of hydrogen-bond donors (Lipinski definition) is 1. The molecule has 4 heteroatoms. The van der Waals surface area contributed by atoms with E-state index in [2.05, 4.69) is 12.1 Å². The SMILES string of the molecule is NCc1ccc(CC2CCCS(=O)(=O)C2)cc1. The molecule has 0 aromatic heterocycles. The third-order valence-electron chi connectivity index (χ3n) is 3.34. The van der Waals surface area contributed by atoms with Crippen LogP contribution in [-0.4, -0.2) is 19.9 Å². The molecule has 0 bridgehead atoms. The van der Waals surface area contributed by atoms with E-state index < -0.39 is 9.84 Å². The zero-order valence-electron chi connectivity index (χ0n) is 9.93. The molecule has 94 valence electrons. The molecule has 0 saturated carbocycles. The number of nitrogens with two attached hydrogens (primary N) is 1. The second kappa shape index (κ2) is 5.19. The zero-order valence-corrected chi connectivity index (χ0v) is 10.7. The van der Waals surface area contributed by atoms with Gasteiger partial charge in [0, 0.05) is 6.54 Å². The lowest BCUT2D eigenvalue weighted by Gasteiger charge is -2.21. The van der Waals surface area contributed by atoms with E-state index in [1.165, 1.54) is 5.56 Å². The summed E-state index contributed by atoms with van der Waals surface area (Å²) in [5, 5.41) is 0. The van der Waals surface area contributed by atoms with E-state index in [1.807, 2.05) is 12.1 Å². The van der Waals surface area contributed by atoms with Gasteiger partial charge in [-0.2, -0.15) is 0 Å². The van der Waals surface area contributed by atoms with E-state index in [0.717, 1.165) is 24.8 Å². The van der Waals surface area contributed by atoms with Crippen LogP contribution < -0.4 is 5.73 Å². The molecular weight excluding hydrogens is 234 g/mol. The molecule has 17 heavy (non-hydrogen) atoms. The van der Waals surface area contributed by atoms with Gasteiger partial charge in [0.05, 0.1) is 11.5 Å². The van der Waals surface area contributed by atoms with E-state index >= 15 is 0 Å². The Hall–Kier alpha value is -0.870. The first-order valence-corrected chi connectivity index (χ1v) is 7.89. The first-order chi connectivity index (χ1) is 8.09. The number of hydrogen-bond acceptors (Lipinski definition) is 3. The molecule has 1 heterocycles. The molecule has 3 nitrogen and oxygen atoms in total. The summed E-state index contributed by atoms with van der Waals surface area (Å²) in [7, 11) is -2.78. The summed E-state index contributed by atoms with van der Waals surface area (Å²) >= 11 is 0. The van der Waals surface area contributed by atoms with Gasteiger partial charge in [-0.15, -0.1) is 0 Å². The third-order valence-corrected chi connectivity index (χ3v) is 5.23. The van der Waals surface area contributed by atoms with Gasteiger partial charge in [0.25, 0.3) is 0 Å². The smallest absolute Gasteiger partial charge is 0.150 e. The van der Waals surface area contributed by atoms with Crippen molar-refractivity contribution in [2.75, 3.05) is 11.5 Å². The molecule has 0 radical (unpaired) electrons. The Labute approximate surface area is 103 Å². The molecule has 1 aromatic rings. The van der Waals surface area contributed by atoms with Crippen LogP contribution >= 0.6 is 0 Å². The largest absolute Gasteiger partial charge is 0.326 e. The van der Waals surface area contributed by atoms with Gasteiger partial charge in [-0.1, -0.05) is 24.3 Å². The topological polar surface area (TPSA) is 60.2 Å². The monoisotopic (exact) mass is 253 g/mol. The standard InChI is InChI=1S/C13H19NO2S/c14-9-12-5-3-11(4-6-12)8-13-2-1-7-17(15,16)10-13/h3-6,13H,1-2,7-10,14H2. The van der Waals surface area contributed by atoms with Crippen LogP contribution in [0.25, 0.3) is 0 Å². The summed E-state index contributed by atoms with van der Waals surface area (Å²) in [6.45, 7) is 0.554. The van der Waals surface area contributed by atoms with Crippen LogP contribution in [0.4, 0.5) is 0 Å². The Kier molecular flexibility index (Phi) is 3.84. The second-order valence-electron chi connectivity index (χ2n) is 4.85. The normalized spacial score (nSPS) is 23.5. The molecule has 2 N–H and O–H groups in total. The average molecular weight is 253 g/mol. The first kappa shape index (κ1) is 12.6. The van der Waals surface area contributed by atoms with Crippen LogP contribution in [-0.2, 0) is 22.8 Å². The highest BCUT2D eigenvalue weighted by molar-refractivity contribution is 7.91. The molecule has 0 spiro atoms. The van der Waals surface area contributed by atoms with Gasteiger partial charge >= 0.3 is 0 Å². The highest BCUT2D eigenvalue weighted by atomic mass is 32.2. The molecule has 1 saturated heterocycles. The molecule has 1 aliphatic rings. The molecule has 0 aliphatic carbocycles. The van der Waals surface area contributed by atoms with Crippen molar-refractivity contribution in [3.8, 4) is 0 Å². The van der Waals surface area contributed by atoms with Crippen molar-refractivity contribution >= 4 is 9.84 Å². The Balaban J connectivity index is 2.00. The van der Waals surface area contributed by atoms with Crippen molar-refractivity contribution in [1.29, 1.82) is 0 Å². The summed E-state index contributed by atoms with van der Waals surface area (Å²) < 4.78 is 23.1. The van der Waals surface area contributed by atoms with Crippen molar-refractivity contribution in [2.24, 2.45) is 11.7 Å². The molecule has 1 atom stereocenters. The van der Waals surface area contributed by atoms with Crippen LogP contribution in [0, 0.1) is 5.92 Å². The van der Waals surface area contributed by atoms with Gasteiger partial charge in [0.15, 0.2) is 9.84 Å². The number of sulfone groups is 1. The van der Waals surface area contributed by atoms with Crippen LogP contribution in [0.2, 0.25) is 0 Å². The fourth-order valence-corrected chi connectivity index (χ4v) is 4.20. The Morgan fingerprint density at radius 2 is 1.82 bits per heavy atom. The van der Waals surface area contributed by atoms with Crippen LogP contribution in [0.3, 0.4) is 0 Å². The predicted molar refractivity (Wildman–Crippen MR) is 69.4 cm³/mol. The lowest BCUT2D eigenvalue weighted by Crippen LogP contribution is -2.26. The first-order valence-electron chi connectivity index (χ1n) is 6.07. The summed E-state index contributed by atoms with van der Waals surface area (Å²) in [5.41, 5.74) is 7.87. The summed E-state index contributed by atoms with van der Waals surface area (Å²) in [6.07, 6.45) is 2.70. The Morgan fingerprint density at radius 3 is 2.41 bits per heavy atom. The van der Waals surface area contributed by atoms with Gasteiger partial charge in [-0.05, 0) is 36.3 Å². The average Bonchev–Trinajstić information content (AvgIpc) is 2.29. The fraction of sp³-hybridized carbons (Fsp3) is 0.538. The minimum Gasteiger partial charge on any atom is -0.326 e. The molecule has 1 fully saturated rings. The fourth-order valence-electron chi connectivity index (χ4n) is 2.42. The summed E-state index contributed by atoms with van der Waals surface area (Å²) in [5.74, 6) is 1.01. The van der Waals surface area contributed by atoms with Crippen molar-refractivity contribution in [2.45, 2.75) is 25.8 Å². The highest BCUT2D eigenvalue weighted by Crippen LogP contribution is 2.22. The number of rotatable bonds is 3. The van der Waals surface area contributed by atoms with Crippen molar-refractivity contribution in [3.63, 3.8) is 0 Å². The maximum absolute atomic E-state index is 11.5. The van der Waals surface area contributed by atoms with Crippen LogP contribution in [0.1, 0.15) is 24.0 Å². The van der Waals surface area contributed by atoms with E-state index in [-0.39, 0.29) is 5.92 Å². The molecule has 2 rings (SSSR count). The predicted octanol–water partition coefficient (Wildman–Crippen LogP) is 1.51. The van der Waals surface area contributed by atoms with E-state index in [4.69, 9.17) is 5.73 Å². The molecular formula is C13H19NO2S. The summed E-state index contributed by atoms with van der Waals surface area (Å²) in [4.78, 5) is 0. The van der Waals surface area contributed by atoms with Gasteiger partial charge in [0.2, 0.25) is 0 Å². The maximum atomic E-state index is 11.5. The molecule has 1 unspecified atom stereocenters. The van der Waals surface area contributed by atoms with Crippen LogP contribution in [0.5, 0.6) is 0 Å². The van der Waals surface area contributed by atoms with Gasteiger partial charge in [-0.25, -0.2) is 8.42 Å². The van der Waals surface area contributed by atoms with E-state index in [9.17, 15) is 8.42 Å². The van der Waals surface area contributed by atoms with Gasteiger partial charge in [-0.3, -0.25) is 0 Å². The van der Waals surface area contributed by atoms with Crippen molar-refractivity contribution in [3.05, 3.63) is 35.4 Å². The molecule has 0 amide bonds. The number of benzene rings is 1. The van der Waals surface area contributed by atoms with Gasteiger partial charge in [0.1, 0.15) is 0 Å². The molecule has 1 aromatic carbocycles. The second-order valence-corrected chi connectivity index (χ2v) is 7.08. The minimum absolute atomic E-state index is 0.289. The van der Waals surface area contributed by atoms with Crippen molar-refractivity contribution < 1.29 is 8.42 Å². The van der Waals surface area contributed by atoms with Crippen molar-refractivity contribution in [1.82, 2.24) is 0 Å². The van der Waals surface area contributed by atoms with E-state index in [0.29, 0.717) is 18.1 Å². The summed E-state index contributed by atoms with van der Waals surface area (Å²) in [6, 6.07) is 8.16.